The smallest absolute Gasteiger partial charge is 0.194 e. The molecule has 3 rings (SSSR count). The van der Waals surface area contributed by atoms with Gasteiger partial charge in [0.1, 0.15) is 17.6 Å². The Balaban J connectivity index is 2.15. The molecule has 25 heavy (non-hydrogen) atoms. The first-order valence-electron chi connectivity index (χ1n) is 7.94. The topological polar surface area (TPSA) is 81.8 Å². The van der Waals surface area contributed by atoms with Crippen LogP contribution >= 0.6 is 0 Å². The molecule has 5 heteroatoms. The number of ketones is 1. The zero-order chi connectivity index (χ0) is 18.3. The molecule has 3 N–H and O–H groups in total. The molecule has 0 saturated heterocycles. The maximum absolute atomic E-state index is 13.0. The summed E-state index contributed by atoms with van der Waals surface area (Å²) in [7, 11) is 3.08. The fourth-order valence-electron chi connectivity index (χ4n) is 3.35. The van der Waals surface area contributed by atoms with Crippen molar-refractivity contribution in [3.8, 4) is 11.5 Å². The Morgan fingerprint density at radius 2 is 1.80 bits per heavy atom. The monoisotopic (exact) mass is 339 g/mol. The van der Waals surface area contributed by atoms with Crippen molar-refractivity contribution in [1.29, 1.82) is 0 Å². The molecule has 1 atom stereocenters. The zero-order valence-electron chi connectivity index (χ0n) is 14.7. The van der Waals surface area contributed by atoms with Gasteiger partial charge in [-0.1, -0.05) is 6.07 Å². The number of nitrogen functional groups attached to an aromatic ring is 1. The fraction of sp³-hybridized carbons (Fsp3) is 0.250. The lowest BCUT2D eigenvalue weighted by molar-refractivity contribution is 0.0981. The first-order valence-corrected chi connectivity index (χ1v) is 7.94. The summed E-state index contributed by atoms with van der Waals surface area (Å²) in [6.07, 6.45) is 1.31. The molecule has 0 amide bonds. The first kappa shape index (κ1) is 17.0. The lowest BCUT2D eigenvalue weighted by Gasteiger charge is -2.12. The number of aromatic hydroxyl groups is 1. The van der Waals surface area contributed by atoms with Crippen LogP contribution in [0.2, 0.25) is 0 Å². The van der Waals surface area contributed by atoms with Gasteiger partial charge in [0.15, 0.2) is 5.78 Å². The normalized spacial score (nSPS) is 17.8. The number of benzene rings is 2. The summed E-state index contributed by atoms with van der Waals surface area (Å²) in [5.41, 5.74) is 10.5. The number of hydrogen-bond donors (Lipinski definition) is 2. The quantitative estimate of drug-likeness (QED) is 0.660. The molecule has 1 aliphatic carbocycles. The lowest BCUT2D eigenvalue weighted by atomic mass is 10.0. The largest absolute Gasteiger partial charge is 0.507 e. The number of aryl methyl sites for hydroxylation is 2. The molecule has 0 aromatic heterocycles. The summed E-state index contributed by atoms with van der Waals surface area (Å²) in [5.74, 6) is 0.571. The number of anilines is 1. The predicted molar refractivity (Wildman–Crippen MR) is 97.0 cm³/mol. The molecule has 2 aromatic rings. The number of carbonyl (C=O) groups excluding carboxylic acids is 1. The van der Waals surface area contributed by atoms with Crippen LogP contribution in [-0.2, 0) is 4.74 Å². The standard InChI is InChI=1S/C20H21NO4/c1-10-7-12(8-11(2)18(10)22)9-14-19(23)16-13(20(14)25-4)5-6-15(24-3)17(16)21/h5-9,20,22H,21H2,1-4H3. The predicted octanol–water partition coefficient (Wildman–Crippen LogP) is 3.57. The van der Waals surface area contributed by atoms with E-state index in [2.05, 4.69) is 0 Å². The van der Waals surface area contributed by atoms with Gasteiger partial charge >= 0.3 is 0 Å². The number of carbonyl (C=O) groups is 1. The molecule has 0 saturated carbocycles. The van der Waals surface area contributed by atoms with Crippen molar-refractivity contribution >= 4 is 17.5 Å². The number of rotatable bonds is 3. The molecule has 1 unspecified atom stereocenters. The SMILES string of the molecule is COc1ccc2c(c1N)C(=O)C(=Cc1cc(C)c(O)c(C)c1)C2OC. The van der Waals surface area contributed by atoms with Gasteiger partial charge in [0.2, 0.25) is 0 Å². The van der Waals surface area contributed by atoms with Crippen LogP contribution < -0.4 is 10.5 Å². The number of methoxy groups -OCH3 is 2. The van der Waals surface area contributed by atoms with E-state index in [4.69, 9.17) is 15.2 Å². The summed E-state index contributed by atoms with van der Waals surface area (Å²) in [5, 5.41) is 9.94. The highest BCUT2D eigenvalue weighted by atomic mass is 16.5. The van der Waals surface area contributed by atoms with Crippen molar-refractivity contribution in [3.63, 3.8) is 0 Å². The average molecular weight is 339 g/mol. The molecule has 1 aliphatic rings. The van der Waals surface area contributed by atoms with Crippen molar-refractivity contribution in [3.05, 3.63) is 57.7 Å². The van der Waals surface area contributed by atoms with Crippen LogP contribution in [0.15, 0.2) is 29.8 Å². The summed E-state index contributed by atoms with van der Waals surface area (Å²) in [6, 6.07) is 7.22. The lowest BCUT2D eigenvalue weighted by Crippen LogP contribution is -2.03. The molecular formula is C20H21NO4. The van der Waals surface area contributed by atoms with Crippen LogP contribution in [0.5, 0.6) is 11.5 Å². The van der Waals surface area contributed by atoms with E-state index in [0.717, 1.165) is 22.3 Å². The van der Waals surface area contributed by atoms with E-state index in [-0.39, 0.29) is 11.5 Å². The van der Waals surface area contributed by atoms with Crippen LogP contribution in [0.25, 0.3) is 6.08 Å². The third-order valence-electron chi connectivity index (χ3n) is 4.58. The fourth-order valence-corrected chi connectivity index (χ4v) is 3.35. The van der Waals surface area contributed by atoms with Gasteiger partial charge in [0.05, 0.1) is 18.4 Å². The highest BCUT2D eigenvalue weighted by molar-refractivity contribution is 6.19. The Bertz CT molecular complexity index is 876. The van der Waals surface area contributed by atoms with Crippen molar-refractivity contribution in [2.45, 2.75) is 20.0 Å². The second kappa shape index (κ2) is 6.26. The molecule has 0 bridgehead atoms. The van der Waals surface area contributed by atoms with Crippen molar-refractivity contribution in [2.75, 3.05) is 20.0 Å². The minimum absolute atomic E-state index is 0.165. The Morgan fingerprint density at radius 3 is 2.36 bits per heavy atom. The van der Waals surface area contributed by atoms with Crippen molar-refractivity contribution in [1.82, 2.24) is 0 Å². The van der Waals surface area contributed by atoms with E-state index in [1.807, 2.05) is 32.0 Å². The van der Waals surface area contributed by atoms with Crippen molar-refractivity contribution in [2.24, 2.45) is 0 Å². The second-order valence-corrected chi connectivity index (χ2v) is 6.19. The van der Waals surface area contributed by atoms with Crippen LogP contribution in [-0.4, -0.2) is 25.1 Å². The number of Topliss-reactive ketones (excluding diaryl/α,β-unsaturated/α-hetero) is 1. The summed E-state index contributed by atoms with van der Waals surface area (Å²) < 4.78 is 10.8. The van der Waals surface area contributed by atoms with Crippen molar-refractivity contribution < 1.29 is 19.4 Å². The summed E-state index contributed by atoms with van der Waals surface area (Å²) >= 11 is 0. The zero-order valence-corrected chi connectivity index (χ0v) is 14.7. The highest BCUT2D eigenvalue weighted by Crippen LogP contribution is 2.44. The summed E-state index contributed by atoms with van der Waals surface area (Å²) in [4.78, 5) is 13.0. The van der Waals surface area contributed by atoms with E-state index < -0.39 is 6.10 Å². The molecule has 0 radical (unpaired) electrons. The van der Waals surface area contributed by atoms with Gasteiger partial charge in [-0.25, -0.2) is 0 Å². The number of phenolic OH excluding ortho intramolecular Hbond substituents is 1. The number of phenols is 1. The Morgan fingerprint density at radius 1 is 1.16 bits per heavy atom. The third kappa shape index (κ3) is 2.66. The maximum Gasteiger partial charge on any atom is 0.194 e. The van der Waals surface area contributed by atoms with Gasteiger partial charge in [-0.15, -0.1) is 0 Å². The van der Waals surface area contributed by atoms with Gasteiger partial charge in [-0.05, 0) is 60.4 Å². The van der Waals surface area contributed by atoms with E-state index in [1.54, 1.807) is 19.3 Å². The number of fused-ring (bicyclic) bond motifs is 1. The van der Waals surface area contributed by atoms with E-state index >= 15 is 0 Å². The molecule has 0 heterocycles. The Hall–Kier alpha value is -2.79. The highest BCUT2D eigenvalue weighted by Gasteiger charge is 2.37. The van der Waals surface area contributed by atoms with Crippen LogP contribution in [0.1, 0.15) is 38.7 Å². The third-order valence-corrected chi connectivity index (χ3v) is 4.58. The Labute approximate surface area is 146 Å². The van der Waals surface area contributed by atoms with E-state index in [1.165, 1.54) is 7.11 Å². The van der Waals surface area contributed by atoms with Gasteiger partial charge in [-0.3, -0.25) is 4.79 Å². The van der Waals surface area contributed by atoms with Gasteiger partial charge < -0.3 is 20.3 Å². The minimum atomic E-state index is -0.481. The molecule has 130 valence electrons. The van der Waals surface area contributed by atoms with Gasteiger partial charge in [-0.2, -0.15) is 0 Å². The summed E-state index contributed by atoms with van der Waals surface area (Å²) in [6.45, 7) is 3.65. The molecule has 0 spiro atoms. The molecule has 0 fully saturated rings. The average Bonchev–Trinajstić information content (AvgIpc) is 2.85. The molecular weight excluding hydrogens is 318 g/mol. The second-order valence-electron chi connectivity index (χ2n) is 6.19. The molecule has 2 aromatic carbocycles. The molecule has 0 aliphatic heterocycles. The van der Waals surface area contributed by atoms with Crippen LogP contribution in [0.3, 0.4) is 0 Å². The van der Waals surface area contributed by atoms with E-state index in [9.17, 15) is 9.90 Å². The van der Waals surface area contributed by atoms with Crippen LogP contribution in [0.4, 0.5) is 5.69 Å². The van der Waals surface area contributed by atoms with E-state index in [0.29, 0.717) is 22.6 Å². The van der Waals surface area contributed by atoms with Gasteiger partial charge in [0.25, 0.3) is 0 Å². The number of ether oxygens (including phenoxy) is 2. The van der Waals surface area contributed by atoms with Gasteiger partial charge in [0, 0.05) is 12.7 Å². The maximum atomic E-state index is 13.0. The Kier molecular flexibility index (Phi) is 4.27. The minimum Gasteiger partial charge on any atom is -0.507 e. The molecule has 5 nitrogen and oxygen atoms in total. The van der Waals surface area contributed by atoms with Crippen LogP contribution in [0, 0.1) is 13.8 Å². The first-order chi connectivity index (χ1) is 11.9. The number of nitrogens with two attached hydrogens (primary N) is 1. The number of hydrogen-bond acceptors (Lipinski definition) is 5.